The molecule has 0 radical (unpaired) electrons. The second-order valence-corrected chi connectivity index (χ2v) is 7.24. The minimum absolute atomic E-state index is 0.736. The summed E-state index contributed by atoms with van der Waals surface area (Å²) in [6.07, 6.45) is 1.77. The number of aromatic nitrogens is 5. The van der Waals surface area contributed by atoms with E-state index in [-0.39, 0.29) is 0 Å². The Labute approximate surface area is 163 Å². The molecule has 0 amide bonds. The Morgan fingerprint density at radius 3 is 2.39 bits per heavy atom. The molecule has 0 aliphatic heterocycles. The van der Waals surface area contributed by atoms with Crippen LogP contribution in [-0.2, 0) is 6.54 Å². The molecule has 0 spiro atoms. The Kier molecular flexibility index (Phi) is 3.76. The van der Waals surface area contributed by atoms with E-state index in [2.05, 4.69) is 61.7 Å². The number of nitrogens with zero attached hydrogens (tertiary/aromatic N) is 5. The topological polar surface area (TPSA) is 48.0 Å². The van der Waals surface area contributed by atoms with Gasteiger partial charge in [-0.25, -0.2) is 14.5 Å². The van der Waals surface area contributed by atoms with Gasteiger partial charge in [0.2, 0.25) is 0 Å². The standard InChI is InChI=1S/C23H21N5/c1-15-9-7-8-12-19(15)21-25-23-20-16(2)17(3)27(13-18-10-5-4-6-11-18)22(20)24-14-28(23)26-21/h4-12,14H,13H2,1-3H3. The van der Waals surface area contributed by atoms with Gasteiger partial charge in [-0.1, -0.05) is 54.6 Å². The lowest BCUT2D eigenvalue weighted by molar-refractivity contribution is 0.787. The lowest BCUT2D eigenvalue weighted by Gasteiger charge is -2.07. The predicted molar refractivity (Wildman–Crippen MR) is 111 cm³/mol. The third kappa shape index (κ3) is 2.51. The van der Waals surface area contributed by atoms with E-state index in [1.165, 1.54) is 16.8 Å². The van der Waals surface area contributed by atoms with Crippen LogP contribution in [0.2, 0.25) is 0 Å². The molecule has 0 saturated heterocycles. The average Bonchev–Trinajstić information content (AvgIpc) is 3.24. The smallest absolute Gasteiger partial charge is 0.182 e. The molecular weight excluding hydrogens is 346 g/mol. The molecule has 3 heterocycles. The van der Waals surface area contributed by atoms with E-state index in [1.54, 1.807) is 10.8 Å². The van der Waals surface area contributed by atoms with Crippen LogP contribution in [0, 0.1) is 20.8 Å². The van der Waals surface area contributed by atoms with Gasteiger partial charge in [-0.2, -0.15) is 0 Å². The Hall–Kier alpha value is -3.47. The predicted octanol–water partition coefficient (Wildman–Crippen LogP) is 4.72. The Morgan fingerprint density at radius 2 is 1.61 bits per heavy atom. The van der Waals surface area contributed by atoms with Crippen LogP contribution in [0.15, 0.2) is 60.9 Å². The van der Waals surface area contributed by atoms with Crippen molar-refractivity contribution in [3.63, 3.8) is 0 Å². The van der Waals surface area contributed by atoms with Crippen LogP contribution in [-0.4, -0.2) is 24.1 Å². The molecule has 5 aromatic rings. The Bertz CT molecular complexity index is 1310. The SMILES string of the molecule is Cc1ccccc1-c1nc2c3c(C)c(C)n(Cc4ccccc4)c3ncn2n1. The van der Waals surface area contributed by atoms with Gasteiger partial charge in [0.1, 0.15) is 12.0 Å². The van der Waals surface area contributed by atoms with Gasteiger partial charge in [0.25, 0.3) is 0 Å². The maximum Gasteiger partial charge on any atom is 0.182 e. The summed E-state index contributed by atoms with van der Waals surface area (Å²) in [7, 11) is 0. The summed E-state index contributed by atoms with van der Waals surface area (Å²) in [6, 6.07) is 18.7. The summed E-state index contributed by atoms with van der Waals surface area (Å²) in [4.78, 5) is 9.63. The van der Waals surface area contributed by atoms with Crippen molar-refractivity contribution in [3.05, 3.63) is 83.3 Å². The zero-order chi connectivity index (χ0) is 19.3. The van der Waals surface area contributed by atoms with Crippen LogP contribution in [0.3, 0.4) is 0 Å². The molecule has 138 valence electrons. The molecule has 5 nitrogen and oxygen atoms in total. The highest BCUT2D eigenvalue weighted by molar-refractivity contribution is 5.94. The van der Waals surface area contributed by atoms with Gasteiger partial charge >= 0.3 is 0 Å². The van der Waals surface area contributed by atoms with Gasteiger partial charge in [-0.3, -0.25) is 0 Å². The third-order valence-electron chi connectivity index (χ3n) is 5.52. The molecule has 0 bridgehead atoms. The summed E-state index contributed by atoms with van der Waals surface area (Å²) < 4.78 is 4.06. The van der Waals surface area contributed by atoms with Gasteiger partial charge < -0.3 is 4.57 Å². The van der Waals surface area contributed by atoms with Gasteiger partial charge in [-0.15, -0.1) is 5.10 Å². The van der Waals surface area contributed by atoms with Crippen molar-refractivity contribution in [1.29, 1.82) is 0 Å². The van der Waals surface area contributed by atoms with Crippen molar-refractivity contribution in [2.24, 2.45) is 0 Å². The van der Waals surface area contributed by atoms with Crippen molar-refractivity contribution < 1.29 is 0 Å². The highest BCUT2D eigenvalue weighted by Gasteiger charge is 2.18. The second kappa shape index (κ2) is 6.30. The van der Waals surface area contributed by atoms with E-state index >= 15 is 0 Å². The number of hydrogen-bond donors (Lipinski definition) is 0. The molecule has 0 aliphatic carbocycles. The van der Waals surface area contributed by atoms with Gasteiger partial charge in [0.05, 0.1) is 5.39 Å². The largest absolute Gasteiger partial charge is 0.325 e. The second-order valence-electron chi connectivity index (χ2n) is 7.24. The van der Waals surface area contributed by atoms with Crippen molar-refractivity contribution in [2.75, 3.05) is 0 Å². The zero-order valence-electron chi connectivity index (χ0n) is 16.2. The van der Waals surface area contributed by atoms with E-state index in [1.807, 2.05) is 18.2 Å². The van der Waals surface area contributed by atoms with Crippen molar-refractivity contribution >= 4 is 16.7 Å². The molecule has 0 aliphatic rings. The molecule has 5 rings (SSSR count). The first-order valence-corrected chi connectivity index (χ1v) is 9.44. The first-order valence-electron chi connectivity index (χ1n) is 9.44. The number of hydrogen-bond acceptors (Lipinski definition) is 3. The Balaban J connectivity index is 1.72. The quantitative estimate of drug-likeness (QED) is 0.464. The summed E-state index contributed by atoms with van der Waals surface area (Å²) in [5, 5.41) is 5.76. The van der Waals surface area contributed by atoms with Crippen molar-refractivity contribution in [1.82, 2.24) is 24.1 Å². The highest BCUT2D eigenvalue weighted by atomic mass is 15.3. The molecule has 5 heteroatoms. The van der Waals surface area contributed by atoms with Crippen LogP contribution in [0.4, 0.5) is 0 Å². The fraction of sp³-hybridized carbons (Fsp3) is 0.174. The summed E-state index contributed by atoms with van der Waals surface area (Å²) >= 11 is 0. The number of aryl methyl sites for hydroxylation is 2. The lowest BCUT2D eigenvalue weighted by Crippen LogP contribution is -2.03. The molecule has 2 aromatic carbocycles. The molecule has 0 unspecified atom stereocenters. The fourth-order valence-electron chi connectivity index (χ4n) is 3.83. The third-order valence-corrected chi connectivity index (χ3v) is 5.52. The monoisotopic (exact) mass is 367 g/mol. The normalized spacial score (nSPS) is 11.5. The molecule has 0 N–H and O–H groups in total. The van der Waals surface area contributed by atoms with Crippen LogP contribution in [0.1, 0.15) is 22.4 Å². The van der Waals surface area contributed by atoms with Crippen LogP contribution in [0.25, 0.3) is 28.1 Å². The number of rotatable bonds is 3. The maximum atomic E-state index is 4.89. The van der Waals surface area contributed by atoms with E-state index in [4.69, 9.17) is 15.1 Å². The molecule has 28 heavy (non-hydrogen) atoms. The average molecular weight is 367 g/mol. The van der Waals surface area contributed by atoms with Crippen LogP contribution < -0.4 is 0 Å². The van der Waals surface area contributed by atoms with E-state index in [9.17, 15) is 0 Å². The lowest BCUT2D eigenvalue weighted by atomic mass is 10.1. The van der Waals surface area contributed by atoms with Gasteiger partial charge in [-0.05, 0) is 37.5 Å². The van der Waals surface area contributed by atoms with Crippen molar-refractivity contribution in [3.8, 4) is 11.4 Å². The summed E-state index contributed by atoms with van der Waals surface area (Å²) in [5.74, 6) is 0.736. The molecule has 0 saturated carbocycles. The zero-order valence-corrected chi connectivity index (χ0v) is 16.2. The molecular formula is C23H21N5. The molecule has 0 fully saturated rings. The van der Waals surface area contributed by atoms with E-state index in [0.717, 1.165) is 40.2 Å². The number of benzene rings is 2. The molecule has 3 aromatic heterocycles. The van der Waals surface area contributed by atoms with Gasteiger partial charge in [0.15, 0.2) is 11.5 Å². The number of fused-ring (bicyclic) bond motifs is 3. The first-order chi connectivity index (χ1) is 13.6. The van der Waals surface area contributed by atoms with E-state index < -0.39 is 0 Å². The van der Waals surface area contributed by atoms with Crippen LogP contribution in [0.5, 0.6) is 0 Å². The summed E-state index contributed by atoms with van der Waals surface area (Å²) in [6.45, 7) is 7.16. The van der Waals surface area contributed by atoms with Gasteiger partial charge in [0, 0.05) is 17.8 Å². The maximum absolute atomic E-state index is 4.89. The van der Waals surface area contributed by atoms with Crippen molar-refractivity contribution in [2.45, 2.75) is 27.3 Å². The summed E-state index contributed by atoms with van der Waals surface area (Å²) in [5.41, 5.74) is 7.69. The fourth-order valence-corrected chi connectivity index (χ4v) is 3.83. The van der Waals surface area contributed by atoms with Crippen LogP contribution >= 0.6 is 0 Å². The minimum Gasteiger partial charge on any atom is -0.325 e. The Morgan fingerprint density at radius 1 is 0.857 bits per heavy atom. The minimum atomic E-state index is 0.736. The first kappa shape index (κ1) is 16.7. The molecule has 0 atom stereocenters. The van der Waals surface area contributed by atoms with E-state index in [0.29, 0.717) is 0 Å². The highest BCUT2D eigenvalue weighted by Crippen LogP contribution is 2.29.